The molecule has 2 aromatic rings. The Morgan fingerprint density at radius 3 is 2.67 bits per heavy atom. The molecule has 2 rings (SSSR count). The number of hydrogen-bond donors (Lipinski definition) is 0. The first-order valence-corrected chi connectivity index (χ1v) is 7.14. The molecule has 21 heavy (non-hydrogen) atoms. The van der Waals surface area contributed by atoms with Crippen molar-refractivity contribution in [3.63, 3.8) is 0 Å². The third-order valence-corrected chi connectivity index (χ3v) is 3.62. The summed E-state index contributed by atoms with van der Waals surface area (Å²) < 4.78 is 11.1. The van der Waals surface area contributed by atoms with Crippen LogP contribution in [0.15, 0.2) is 36.4 Å². The maximum atomic E-state index is 8.96. The third-order valence-electron chi connectivity index (χ3n) is 3.00. The van der Waals surface area contributed by atoms with Crippen molar-refractivity contribution >= 4 is 23.2 Å². The molecule has 2 aromatic carbocycles. The van der Waals surface area contributed by atoms with Crippen molar-refractivity contribution < 1.29 is 9.47 Å². The first-order valence-electron chi connectivity index (χ1n) is 6.22. The van der Waals surface area contributed by atoms with Crippen LogP contribution < -0.4 is 9.47 Å². The Hall–Kier alpha value is -1.89. The lowest BCUT2D eigenvalue weighted by Crippen LogP contribution is -2.01. The summed E-state index contributed by atoms with van der Waals surface area (Å²) in [7, 11) is 1.58. The molecule has 0 aliphatic rings. The van der Waals surface area contributed by atoms with E-state index in [0.717, 1.165) is 11.1 Å². The Labute approximate surface area is 133 Å². The quantitative estimate of drug-likeness (QED) is 0.759. The molecular weight excluding hydrogens is 309 g/mol. The van der Waals surface area contributed by atoms with E-state index < -0.39 is 0 Å². The Bertz CT molecular complexity index is 680. The zero-order valence-corrected chi connectivity index (χ0v) is 12.9. The van der Waals surface area contributed by atoms with Crippen molar-refractivity contribution in [2.24, 2.45) is 0 Å². The first-order chi connectivity index (χ1) is 10.2. The van der Waals surface area contributed by atoms with Gasteiger partial charge in [0, 0.05) is 16.1 Å². The fourth-order valence-corrected chi connectivity index (χ4v) is 2.50. The summed E-state index contributed by atoms with van der Waals surface area (Å²) in [6.07, 6.45) is 0. The number of nitriles is 1. The second-order valence-electron chi connectivity index (χ2n) is 4.28. The van der Waals surface area contributed by atoms with Crippen LogP contribution in [0.4, 0.5) is 0 Å². The molecule has 0 aliphatic heterocycles. The SMILES string of the molecule is COc1ccc(C#N)cc1COc1cccc(Cl)c1CCl. The normalized spacial score (nSPS) is 10.0. The molecule has 0 radical (unpaired) electrons. The Morgan fingerprint density at radius 1 is 1.19 bits per heavy atom. The van der Waals surface area contributed by atoms with Gasteiger partial charge in [-0.1, -0.05) is 17.7 Å². The number of benzene rings is 2. The largest absolute Gasteiger partial charge is 0.496 e. The summed E-state index contributed by atoms with van der Waals surface area (Å²) in [4.78, 5) is 0. The average Bonchev–Trinajstić information content (AvgIpc) is 2.52. The van der Waals surface area contributed by atoms with Gasteiger partial charge in [0.15, 0.2) is 0 Å². The standard InChI is InChI=1S/C16H13Cl2NO2/c1-20-15-6-5-11(9-19)7-12(15)10-21-16-4-2-3-14(18)13(16)8-17/h2-7H,8,10H2,1H3. The zero-order valence-electron chi connectivity index (χ0n) is 11.4. The average molecular weight is 322 g/mol. The number of halogens is 2. The van der Waals surface area contributed by atoms with Crippen LogP contribution in [0.1, 0.15) is 16.7 Å². The molecule has 5 heteroatoms. The minimum absolute atomic E-state index is 0.267. The van der Waals surface area contributed by atoms with E-state index in [1.54, 1.807) is 37.4 Å². The van der Waals surface area contributed by atoms with Gasteiger partial charge in [-0.15, -0.1) is 11.6 Å². The minimum atomic E-state index is 0.267. The van der Waals surface area contributed by atoms with E-state index >= 15 is 0 Å². The van der Waals surface area contributed by atoms with E-state index in [1.165, 1.54) is 0 Å². The van der Waals surface area contributed by atoms with Crippen LogP contribution in [0.25, 0.3) is 0 Å². The van der Waals surface area contributed by atoms with Crippen LogP contribution in [0.2, 0.25) is 5.02 Å². The molecule has 0 spiro atoms. The van der Waals surface area contributed by atoms with Crippen molar-refractivity contribution in [1.29, 1.82) is 5.26 Å². The van der Waals surface area contributed by atoms with Crippen LogP contribution in [0.5, 0.6) is 11.5 Å². The van der Waals surface area contributed by atoms with Gasteiger partial charge >= 0.3 is 0 Å². The third kappa shape index (κ3) is 3.60. The van der Waals surface area contributed by atoms with Crippen molar-refractivity contribution in [1.82, 2.24) is 0 Å². The molecule has 0 saturated carbocycles. The van der Waals surface area contributed by atoms with Gasteiger partial charge in [0.2, 0.25) is 0 Å². The molecule has 3 nitrogen and oxygen atoms in total. The molecule has 0 saturated heterocycles. The Kier molecular flexibility index (Phi) is 5.32. The molecule has 0 aliphatic carbocycles. The van der Waals surface area contributed by atoms with Crippen LogP contribution >= 0.6 is 23.2 Å². The molecule has 0 atom stereocenters. The second-order valence-corrected chi connectivity index (χ2v) is 4.95. The van der Waals surface area contributed by atoms with Gasteiger partial charge < -0.3 is 9.47 Å². The van der Waals surface area contributed by atoms with Crippen molar-refractivity contribution in [2.75, 3.05) is 7.11 Å². The van der Waals surface area contributed by atoms with E-state index in [0.29, 0.717) is 22.1 Å². The second kappa shape index (κ2) is 7.21. The number of ether oxygens (including phenoxy) is 2. The van der Waals surface area contributed by atoms with E-state index in [9.17, 15) is 0 Å². The van der Waals surface area contributed by atoms with Gasteiger partial charge in [-0.2, -0.15) is 5.26 Å². The number of hydrogen-bond acceptors (Lipinski definition) is 3. The zero-order chi connectivity index (χ0) is 15.2. The van der Waals surface area contributed by atoms with Crippen LogP contribution in [-0.4, -0.2) is 7.11 Å². The fourth-order valence-electron chi connectivity index (χ4n) is 1.92. The molecule has 0 unspecified atom stereocenters. The van der Waals surface area contributed by atoms with Crippen molar-refractivity contribution in [2.45, 2.75) is 12.5 Å². The van der Waals surface area contributed by atoms with Gasteiger partial charge in [0.05, 0.1) is 24.6 Å². The Balaban J connectivity index is 2.24. The smallest absolute Gasteiger partial charge is 0.125 e. The molecule has 108 valence electrons. The molecular formula is C16H13Cl2NO2. The summed E-state index contributed by atoms with van der Waals surface area (Å²) in [6, 6.07) is 12.7. The topological polar surface area (TPSA) is 42.2 Å². The van der Waals surface area contributed by atoms with Gasteiger partial charge in [-0.3, -0.25) is 0 Å². The summed E-state index contributed by atoms with van der Waals surface area (Å²) in [5.74, 6) is 1.56. The van der Waals surface area contributed by atoms with Gasteiger partial charge in [0.25, 0.3) is 0 Å². The molecule has 0 fully saturated rings. The predicted octanol–water partition coefficient (Wildman–Crippen LogP) is 4.54. The van der Waals surface area contributed by atoms with Crippen molar-refractivity contribution in [3.05, 3.63) is 58.1 Å². The highest BCUT2D eigenvalue weighted by Gasteiger charge is 2.10. The monoisotopic (exact) mass is 321 g/mol. The summed E-state index contributed by atoms with van der Waals surface area (Å²) >= 11 is 12.0. The number of methoxy groups -OCH3 is 1. The van der Waals surface area contributed by atoms with E-state index in [1.807, 2.05) is 6.07 Å². The lowest BCUT2D eigenvalue weighted by molar-refractivity contribution is 0.294. The summed E-state index contributed by atoms with van der Waals surface area (Å²) in [5.41, 5.74) is 2.09. The van der Waals surface area contributed by atoms with E-state index in [-0.39, 0.29) is 12.5 Å². The molecule has 0 aromatic heterocycles. The minimum Gasteiger partial charge on any atom is -0.496 e. The predicted molar refractivity (Wildman–Crippen MR) is 83.1 cm³/mol. The van der Waals surface area contributed by atoms with Crippen LogP contribution in [0.3, 0.4) is 0 Å². The van der Waals surface area contributed by atoms with Gasteiger partial charge in [-0.05, 0) is 30.3 Å². The fraction of sp³-hybridized carbons (Fsp3) is 0.188. The maximum absolute atomic E-state index is 8.96. The number of nitrogens with zero attached hydrogens (tertiary/aromatic N) is 1. The van der Waals surface area contributed by atoms with Gasteiger partial charge in [-0.25, -0.2) is 0 Å². The highest BCUT2D eigenvalue weighted by molar-refractivity contribution is 6.32. The summed E-state index contributed by atoms with van der Waals surface area (Å²) in [6.45, 7) is 0.267. The number of alkyl halides is 1. The Morgan fingerprint density at radius 2 is 2.00 bits per heavy atom. The van der Waals surface area contributed by atoms with Gasteiger partial charge in [0.1, 0.15) is 18.1 Å². The lowest BCUT2D eigenvalue weighted by Gasteiger charge is -2.13. The van der Waals surface area contributed by atoms with E-state index in [4.69, 9.17) is 37.9 Å². The lowest BCUT2D eigenvalue weighted by atomic mass is 10.1. The summed E-state index contributed by atoms with van der Waals surface area (Å²) in [5, 5.41) is 9.53. The van der Waals surface area contributed by atoms with Crippen LogP contribution in [0, 0.1) is 11.3 Å². The molecule has 0 N–H and O–H groups in total. The van der Waals surface area contributed by atoms with E-state index in [2.05, 4.69) is 6.07 Å². The van der Waals surface area contributed by atoms with Crippen LogP contribution in [-0.2, 0) is 12.5 Å². The molecule has 0 bridgehead atoms. The highest BCUT2D eigenvalue weighted by Crippen LogP contribution is 2.29. The highest BCUT2D eigenvalue weighted by atomic mass is 35.5. The first kappa shape index (κ1) is 15.5. The molecule has 0 amide bonds. The maximum Gasteiger partial charge on any atom is 0.125 e. The van der Waals surface area contributed by atoms with Crippen molar-refractivity contribution in [3.8, 4) is 17.6 Å². The molecule has 0 heterocycles. The number of rotatable bonds is 5.